The lowest BCUT2D eigenvalue weighted by Crippen LogP contribution is -2.51. The minimum Gasteiger partial charge on any atom is -0.453 e. The number of aromatic nitrogens is 2. The second kappa shape index (κ2) is 11.3. The molecule has 1 amide bonds. The topological polar surface area (TPSA) is 111 Å². The highest BCUT2D eigenvalue weighted by molar-refractivity contribution is 7.22. The summed E-state index contributed by atoms with van der Waals surface area (Å²) in [7, 11) is 0. The van der Waals surface area contributed by atoms with Crippen LogP contribution in [0.3, 0.4) is 0 Å². The largest absolute Gasteiger partial charge is 0.453 e. The summed E-state index contributed by atoms with van der Waals surface area (Å²) < 4.78 is 25.9. The molecule has 2 N–H and O–H groups in total. The molecule has 1 saturated heterocycles. The Kier molecular flexibility index (Phi) is 7.71. The van der Waals surface area contributed by atoms with Crippen LogP contribution in [0.15, 0.2) is 54.9 Å². The molecule has 1 atom stereocenters. The highest BCUT2D eigenvalue weighted by atomic mass is 32.1. The van der Waals surface area contributed by atoms with Crippen LogP contribution in [-0.4, -0.2) is 63.9 Å². The van der Waals surface area contributed by atoms with E-state index in [2.05, 4.69) is 14.9 Å². The third-order valence-electron chi connectivity index (χ3n) is 6.41. The van der Waals surface area contributed by atoms with E-state index < -0.39 is 17.9 Å². The molecule has 3 aromatic heterocycles. The molecule has 1 aromatic carbocycles. The molecule has 1 aliphatic heterocycles. The molecule has 5 rings (SSSR count). The average Bonchev–Trinajstić information content (AvgIpc) is 3.36. The number of esters is 1. The maximum absolute atomic E-state index is 14.3. The molecular formula is C28H28FN5O4S. The number of anilines is 1. The van der Waals surface area contributed by atoms with Crippen molar-refractivity contribution in [2.24, 2.45) is 0 Å². The second-order valence-corrected chi connectivity index (χ2v) is 10.4. The van der Waals surface area contributed by atoms with Gasteiger partial charge in [0.1, 0.15) is 5.75 Å². The monoisotopic (exact) mass is 549 g/mol. The SMILES string of the molecule is CC(=O)OC(C)C(=O)N1CCN(Cc2ccc(-c3cc4nccc(Oc5ccc(N)cc5F)c4s3)nc2)CC1. The summed E-state index contributed by atoms with van der Waals surface area (Å²) in [4.78, 5) is 37.6. The average molecular weight is 550 g/mol. The van der Waals surface area contributed by atoms with Crippen LogP contribution in [0.4, 0.5) is 10.1 Å². The highest BCUT2D eigenvalue weighted by Gasteiger charge is 2.26. The summed E-state index contributed by atoms with van der Waals surface area (Å²) in [5, 5.41) is 0. The first-order chi connectivity index (χ1) is 18.8. The summed E-state index contributed by atoms with van der Waals surface area (Å²) in [6.45, 7) is 6.22. The molecule has 4 heterocycles. The molecule has 0 spiro atoms. The summed E-state index contributed by atoms with van der Waals surface area (Å²) >= 11 is 1.48. The standard InChI is InChI=1S/C28H28FN5O4S/c1-17(37-18(2)35)28(36)34-11-9-33(10-12-34)16-19-3-5-22(32-15-19)26-14-23-27(39-26)25(7-8-31-23)38-24-6-4-20(30)13-21(24)29/h3-8,13-15,17H,9-12,16,30H2,1-2H3. The van der Waals surface area contributed by atoms with E-state index in [1.54, 1.807) is 30.2 Å². The third-order valence-corrected chi connectivity index (χ3v) is 7.57. The molecule has 1 unspecified atom stereocenters. The minimum atomic E-state index is -0.767. The van der Waals surface area contributed by atoms with E-state index in [-0.39, 0.29) is 11.7 Å². The number of nitrogen functional groups attached to an aromatic ring is 1. The van der Waals surface area contributed by atoms with E-state index in [1.165, 1.54) is 30.4 Å². The van der Waals surface area contributed by atoms with E-state index >= 15 is 0 Å². The number of carbonyl (C=O) groups excluding carboxylic acids is 2. The summed E-state index contributed by atoms with van der Waals surface area (Å²) in [5.41, 5.74) is 8.58. The van der Waals surface area contributed by atoms with Crippen molar-refractivity contribution in [1.29, 1.82) is 0 Å². The van der Waals surface area contributed by atoms with Gasteiger partial charge in [-0.15, -0.1) is 11.3 Å². The van der Waals surface area contributed by atoms with E-state index in [0.717, 1.165) is 39.4 Å². The minimum absolute atomic E-state index is 0.0956. The van der Waals surface area contributed by atoms with Gasteiger partial charge in [0.25, 0.3) is 5.91 Å². The zero-order valence-corrected chi connectivity index (χ0v) is 22.4. The van der Waals surface area contributed by atoms with E-state index in [4.69, 9.17) is 15.2 Å². The predicted molar refractivity (Wildman–Crippen MR) is 147 cm³/mol. The number of nitrogens with two attached hydrogens (primary N) is 1. The number of hydrogen-bond donors (Lipinski definition) is 1. The molecule has 39 heavy (non-hydrogen) atoms. The molecule has 202 valence electrons. The molecular weight excluding hydrogens is 521 g/mol. The molecule has 0 bridgehead atoms. The Morgan fingerprint density at radius 1 is 1.08 bits per heavy atom. The van der Waals surface area contributed by atoms with E-state index in [9.17, 15) is 14.0 Å². The maximum Gasteiger partial charge on any atom is 0.303 e. The number of amides is 1. The Bertz CT molecular complexity index is 1500. The smallest absolute Gasteiger partial charge is 0.303 e. The molecule has 0 aliphatic carbocycles. The number of ether oxygens (including phenoxy) is 2. The Labute approximate surface area is 229 Å². The van der Waals surface area contributed by atoms with Gasteiger partial charge < -0.3 is 20.1 Å². The Morgan fingerprint density at radius 2 is 1.87 bits per heavy atom. The van der Waals surface area contributed by atoms with Crippen molar-refractivity contribution in [3.05, 3.63) is 66.2 Å². The molecule has 0 radical (unpaired) electrons. The van der Waals surface area contributed by atoms with Crippen molar-refractivity contribution in [2.45, 2.75) is 26.5 Å². The normalized spacial score (nSPS) is 14.8. The number of benzene rings is 1. The van der Waals surface area contributed by atoms with E-state index in [1.807, 2.05) is 24.4 Å². The first-order valence-electron chi connectivity index (χ1n) is 12.5. The first-order valence-corrected chi connectivity index (χ1v) is 13.3. The number of carbonyl (C=O) groups is 2. The van der Waals surface area contributed by atoms with Gasteiger partial charge in [-0.1, -0.05) is 6.07 Å². The lowest BCUT2D eigenvalue weighted by atomic mass is 10.2. The van der Waals surface area contributed by atoms with Crippen molar-refractivity contribution in [3.63, 3.8) is 0 Å². The number of nitrogens with zero attached hydrogens (tertiary/aromatic N) is 4. The zero-order chi connectivity index (χ0) is 27.5. The number of hydrogen-bond acceptors (Lipinski definition) is 9. The quantitative estimate of drug-likeness (QED) is 0.266. The molecule has 4 aromatic rings. The van der Waals surface area contributed by atoms with Crippen LogP contribution in [-0.2, 0) is 20.9 Å². The van der Waals surface area contributed by atoms with Gasteiger partial charge in [0.15, 0.2) is 17.7 Å². The van der Waals surface area contributed by atoms with Gasteiger partial charge in [-0.3, -0.25) is 24.5 Å². The number of fused-ring (bicyclic) bond motifs is 1. The Hall–Kier alpha value is -4.09. The van der Waals surface area contributed by atoms with Crippen LogP contribution in [0, 0.1) is 5.82 Å². The number of halogens is 1. The van der Waals surface area contributed by atoms with Crippen molar-refractivity contribution >= 4 is 39.1 Å². The fraction of sp³-hybridized carbons (Fsp3) is 0.286. The fourth-order valence-electron chi connectivity index (χ4n) is 4.44. The fourth-order valence-corrected chi connectivity index (χ4v) is 5.49. The zero-order valence-electron chi connectivity index (χ0n) is 21.6. The van der Waals surface area contributed by atoms with Crippen LogP contribution in [0.5, 0.6) is 11.5 Å². The lowest BCUT2D eigenvalue weighted by Gasteiger charge is -2.35. The summed E-state index contributed by atoms with van der Waals surface area (Å²) in [6.07, 6.45) is 2.72. The van der Waals surface area contributed by atoms with Gasteiger partial charge in [0.2, 0.25) is 0 Å². The van der Waals surface area contributed by atoms with E-state index in [0.29, 0.717) is 31.1 Å². The molecule has 11 heteroatoms. The molecule has 1 aliphatic rings. The van der Waals surface area contributed by atoms with Gasteiger partial charge >= 0.3 is 5.97 Å². The van der Waals surface area contributed by atoms with Crippen molar-refractivity contribution < 1.29 is 23.5 Å². The van der Waals surface area contributed by atoms with Crippen LogP contribution < -0.4 is 10.5 Å². The van der Waals surface area contributed by atoms with Gasteiger partial charge in [0, 0.05) is 69.9 Å². The third kappa shape index (κ3) is 6.15. The number of rotatable bonds is 7. The first kappa shape index (κ1) is 26.5. The molecule has 0 saturated carbocycles. The van der Waals surface area contributed by atoms with Crippen LogP contribution >= 0.6 is 11.3 Å². The van der Waals surface area contributed by atoms with Crippen molar-refractivity contribution in [2.75, 3.05) is 31.9 Å². The van der Waals surface area contributed by atoms with Crippen molar-refractivity contribution in [3.8, 4) is 22.1 Å². The Balaban J connectivity index is 1.22. The van der Waals surface area contributed by atoms with Gasteiger partial charge in [-0.25, -0.2) is 4.39 Å². The molecule has 1 fully saturated rings. The van der Waals surface area contributed by atoms with Gasteiger partial charge in [-0.2, -0.15) is 0 Å². The number of pyridine rings is 2. The maximum atomic E-state index is 14.3. The molecule has 9 nitrogen and oxygen atoms in total. The van der Waals surface area contributed by atoms with Gasteiger partial charge in [-0.05, 0) is 36.8 Å². The predicted octanol–water partition coefficient (Wildman–Crippen LogP) is 4.47. The second-order valence-electron chi connectivity index (χ2n) is 9.33. The number of thiophene rings is 1. The summed E-state index contributed by atoms with van der Waals surface area (Å²) in [6, 6.07) is 12.0. The van der Waals surface area contributed by atoms with Crippen LogP contribution in [0.1, 0.15) is 19.4 Å². The lowest BCUT2D eigenvalue weighted by molar-refractivity contribution is -0.158. The Morgan fingerprint density at radius 3 is 2.56 bits per heavy atom. The number of piperazine rings is 1. The van der Waals surface area contributed by atoms with Crippen LogP contribution in [0.2, 0.25) is 0 Å². The highest BCUT2D eigenvalue weighted by Crippen LogP contribution is 2.39. The van der Waals surface area contributed by atoms with Crippen molar-refractivity contribution in [1.82, 2.24) is 19.8 Å². The summed E-state index contributed by atoms with van der Waals surface area (Å²) in [5.74, 6) is -0.547. The van der Waals surface area contributed by atoms with Gasteiger partial charge in [0.05, 0.1) is 20.8 Å². The van der Waals surface area contributed by atoms with Crippen LogP contribution in [0.25, 0.3) is 20.8 Å².